The van der Waals surface area contributed by atoms with E-state index in [9.17, 15) is 0 Å². The van der Waals surface area contributed by atoms with Gasteiger partial charge in [-0.15, -0.1) is 0 Å². The maximum absolute atomic E-state index is 4.97. The van der Waals surface area contributed by atoms with Crippen LogP contribution in [0, 0.1) is 5.92 Å². The average molecular weight is 177 g/mol. The van der Waals surface area contributed by atoms with Gasteiger partial charge in [-0.05, 0) is 18.7 Å². The van der Waals surface area contributed by atoms with Crippen LogP contribution in [-0.2, 0) is 4.74 Å². The molecule has 2 nitrogen and oxygen atoms in total. The van der Waals surface area contributed by atoms with Crippen LogP contribution >= 0.6 is 12.6 Å². The SMILES string of the molecule is COCCN(C)CC(C)CS. The summed E-state index contributed by atoms with van der Waals surface area (Å²) in [6, 6.07) is 0. The predicted molar refractivity (Wildman–Crippen MR) is 52.4 cm³/mol. The Morgan fingerprint density at radius 3 is 2.64 bits per heavy atom. The minimum absolute atomic E-state index is 0.667. The van der Waals surface area contributed by atoms with Gasteiger partial charge in [0.15, 0.2) is 0 Å². The van der Waals surface area contributed by atoms with Crippen LogP contribution in [0.15, 0.2) is 0 Å². The summed E-state index contributed by atoms with van der Waals surface area (Å²) in [5.74, 6) is 1.62. The van der Waals surface area contributed by atoms with Crippen LogP contribution in [0.25, 0.3) is 0 Å². The number of hydrogen-bond donors (Lipinski definition) is 1. The number of likely N-dealkylation sites (N-methyl/N-ethyl adjacent to an activating group) is 1. The molecule has 0 rings (SSSR count). The van der Waals surface area contributed by atoms with E-state index >= 15 is 0 Å². The third kappa shape index (κ3) is 6.66. The zero-order valence-corrected chi connectivity index (χ0v) is 8.60. The minimum atomic E-state index is 0.667. The van der Waals surface area contributed by atoms with E-state index in [0.29, 0.717) is 5.92 Å². The van der Waals surface area contributed by atoms with Gasteiger partial charge in [0.1, 0.15) is 0 Å². The van der Waals surface area contributed by atoms with E-state index < -0.39 is 0 Å². The predicted octanol–water partition coefficient (Wildman–Crippen LogP) is 1.13. The lowest BCUT2D eigenvalue weighted by Gasteiger charge is -2.19. The van der Waals surface area contributed by atoms with Crippen LogP contribution in [0.4, 0.5) is 0 Å². The monoisotopic (exact) mass is 177 g/mol. The minimum Gasteiger partial charge on any atom is -0.383 e. The van der Waals surface area contributed by atoms with Crippen molar-refractivity contribution in [1.29, 1.82) is 0 Å². The molecule has 0 aromatic carbocycles. The zero-order valence-electron chi connectivity index (χ0n) is 7.71. The summed E-state index contributed by atoms with van der Waals surface area (Å²) in [5.41, 5.74) is 0. The molecule has 0 fully saturated rings. The topological polar surface area (TPSA) is 12.5 Å². The molecule has 1 atom stereocenters. The molecule has 0 aromatic heterocycles. The summed E-state index contributed by atoms with van der Waals surface area (Å²) in [7, 11) is 3.84. The van der Waals surface area contributed by atoms with Crippen molar-refractivity contribution < 1.29 is 4.74 Å². The Balaban J connectivity index is 3.27. The molecule has 1 unspecified atom stereocenters. The summed E-state index contributed by atoms with van der Waals surface area (Å²) in [6.07, 6.45) is 0. The molecule has 0 radical (unpaired) electrons. The van der Waals surface area contributed by atoms with Crippen molar-refractivity contribution in [2.24, 2.45) is 5.92 Å². The summed E-state index contributed by atoms with van der Waals surface area (Å²) in [4.78, 5) is 2.27. The largest absolute Gasteiger partial charge is 0.383 e. The fourth-order valence-electron chi connectivity index (χ4n) is 0.928. The normalized spacial score (nSPS) is 13.9. The number of thiol groups is 1. The maximum atomic E-state index is 4.97. The fraction of sp³-hybridized carbons (Fsp3) is 1.00. The zero-order chi connectivity index (χ0) is 8.69. The lowest BCUT2D eigenvalue weighted by molar-refractivity contribution is 0.155. The highest BCUT2D eigenvalue weighted by atomic mass is 32.1. The molecule has 0 aliphatic rings. The molecule has 3 heteroatoms. The van der Waals surface area contributed by atoms with E-state index in [1.54, 1.807) is 7.11 Å². The Hall–Kier alpha value is 0.270. The first-order chi connectivity index (χ1) is 5.20. The fourth-order valence-corrected chi connectivity index (χ4v) is 1.04. The number of methoxy groups -OCH3 is 1. The van der Waals surface area contributed by atoms with Crippen LogP contribution in [0.3, 0.4) is 0 Å². The molecule has 0 aliphatic heterocycles. The number of hydrogen-bond acceptors (Lipinski definition) is 3. The Bertz CT molecular complexity index is 90.2. The summed E-state index contributed by atoms with van der Waals surface area (Å²) in [5, 5.41) is 0. The van der Waals surface area contributed by atoms with Gasteiger partial charge in [-0.25, -0.2) is 0 Å². The smallest absolute Gasteiger partial charge is 0.0589 e. The second-order valence-electron chi connectivity index (χ2n) is 3.04. The Morgan fingerprint density at radius 2 is 2.18 bits per heavy atom. The Morgan fingerprint density at radius 1 is 1.55 bits per heavy atom. The number of ether oxygens (including phenoxy) is 1. The van der Waals surface area contributed by atoms with Crippen molar-refractivity contribution in [3.63, 3.8) is 0 Å². The van der Waals surface area contributed by atoms with Crippen LogP contribution in [0.2, 0.25) is 0 Å². The third-order valence-corrected chi connectivity index (χ3v) is 2.24. The van der Waals surface area contributed by atoms with Gasteiger partial charge in [-0.2, -0.15) is 12.6 Å². The van der Waals surface area contributed by atoms with Gasteiger partial charge < -0.3 is 9.64 Å². The first kappa shape index (κ1) is 11.3. The van der Waals surface area contributed by atoms with Crippen LogP contribution in [0.1, 0.15) is 6.92 Å². The molecule has 0 spiro atoms. The van der Waals surface area contributed by atoms with E-state index in [2.05, 4.69) is 31.5 Å². The van der Waals surface area contributed by atoms with E-state index in [0.717, 1.165) is 25.4 Å². The van der Waals surface area contributed by atoms with Gasteiger partial charge in [0.2, 0.25) is 0 Å². The molecule has 0 saturated carbocycles. The third-order valence-electron chi connectivity index (χ3n) is 1.61. The average Bonchev–Trinajstić information content (AvgIpc) is 2.00. The maximum Gasteiger partial charge on any atom is 0.0589 e. The number of rotatable bonds is 6. The first-order valence-electron chi connectivity index (χ1n) is 3.99. The molecule has 0 N–H and O–H groups in total. The molecule has 11 heavy (non-hydrogen) atoms. The van der Waals surface area contributed by atoms with Gasteiger partial charge in [0.25, 0.3) is 0 Å². The molecule has 0 heterocycles. The van der Waals surface area contributed by atoms with Crippen molar-refractivity contribution in [2.45, 2.75) is 6.92 Å². The molecule has 0 saturated heterocycles. The van der Waals surface area contributed by atoms with Gasteiger partial charge in [0, 0.05) is 20.2 Å². The van der Waals surface area contributed by atoms with Crippen LogP contribution in [0.5, 0.6) is 0 Å². The molecule has 0 amide bonds. The lowest BCUT2D eigenvalue weighted by Crippen LogP contribution is -2.28. The quantitative estimate of drug-likeness (QED) is 0.611. The summed E-state index contributed by atoms with van der Waals surface area (Å²) in [6.45, 7) is 5.13. The van der Waals surface area contributed by atoms with E-state index in [4.69, 9.17) is 4.74 Å². The van der Waals surface area contributed by atoms with Crippen molar-refractivity contribution in [1.82, 2.24) is 4.90 Å². The van der Waals surface area contributed by atoms with E-state index in [1.165, 1.54) is 0 Å². The van der Waals surface area contributed by atoms with Gasteiger partial charge in [-0.3, -0.25) is 0 Å². The molecule has 0 aliphatic carbocycles. The van der Waals surface area contributed by atoms with E-state index in [-0.39, 0.29) is 0 Å². The van der Waals surface area contributed by atoms with E-state index in [1.807, 2.05) is 0 Å². The Labute approximate surface area is 75.3 Å². The van der Waals surface area contributed by atoms with Crippen molar-refractivity contribution in [2.75, 3.05) is 39.6 Å². The second kappa shape index (κ2) is 6.95. The highest BCUT2D eigenvalue weighted by molar-refractivity contribution is 7.80. The highest BCUT2D eigenvalue weighted by Crippen LogP contribution is 1.99. The standard InChI is InChI=1S/C8H19NOS/c1-8(7-11)6-9(2)4-5-10-3/h8,11H,4-7H2,1-3H3. The molecule has 68 valence electrons. The van der Waals surface area contributed by atoms with Crippen molar-refractivity contribution in [3.8, 4) is 0 Å². The van der Waals surface area contributed by atoms with Crippen molar-refractivity contribution in [3.05, 3.63) is 0 Å². The van der Waals surface area contributed by atoms with Gasteiger partial charge in [0.05, 0.1) is 6.61 Å². The van der Waals surface area contributed by atoms with Crippen LogP contribution < -0.4 is 0 Å². The summed E-state index contributed by atoms with van der Waals surface area (Å²) < 4.78 is 4.97. The second-order valence-corrected chi connectivity index (χ2v) is 3.41. The molecule has 0 aromatic rings. The number of nitrogens with zero attached hydrogens (tertiary/aromatic N) is 1. The van der Waals surface area contributed by atoms with Gasteiger partial charge >= 0.3 is 0 Å². The van der Waals surface area contributed by atoms with Crippen LogP contribution in [-0.4, -0.2) is 44.5 Å². The summed E-state index contributed by atoms with van der Waals surface area (Å²) >= 11 is 4.22. The molecule has 0 bridgehead atoms. The molecular formula is C8H19NOS. The lowest BCUT2D eigenvalue weighted by atomic mass is 10.2. The molecular weight excluding hydrogens is 158 g/mol. The highest BCUT2D eigenvalue weighted by Gasteiger charge is 2.03. The van der Waals surface area contributed by atoms with Crippen molar-refractivity contribution >= 4 is 12.6 Å². The first-order valence-corrected chi connectivity index (χ1v) is 4.62. The Kier molecular flexibility index (Phi) is 7.12. The van der Waals surface area contributed by atoms with Gasteiger partial charge in [-0.1, -0.05) is 6.92 Å².